The molecule has 0 unspecified atom stereocenters. The normalized spacial score (nSPS) is 18.7. The largest absolute Gasteiger partial charge is 0.463 e. The number of nitrogens with zero attached hydrogens (tertiary/aromatic N) is 2. The zero-order chi connectivity index (χ0) is 24.9. The van der Waals surface area contributed by atoms with Gasteiger partial charge in [-0.25, -0.2) is 9.59 Å². The molecule has 0 bridgehead atoms. The van der Waals surface area contributed by atoms with Crippen LogP contribution in [0.2, 0.25) is 0 Å². The van der Waals surface area contributed by atoms with Crippen LogP contribution in [-0.2, 0) is 9.53 Å². The summed E-state index contributed by atoms with van der Waals surface area (Å²) in [6.45, 7) is 9.18. The van der Waals surface area contributed by atoms with Crippen molar-refractivity contribution in [2.24, 2.45) is 0 Å². The molecule has 1 atom stereocenters. The van der Waals surface area contributed by atoms with E-state index in [1.54, 1.807) is 13.8 Å². The van der Waals surface area contributed by atoms with E-state index in [4.69, 9.17) is 4.74 Å². The maximum atomic E-state index is 13.0. The molecule has 0 aliphatic carbocycles. The second-order valence-corrected chi connectivity index (χ2v) is 8.92. The molecule has 2 N–H and O–H groups in total. The number of amides is 2. The first kappa shape index (κ1) is 24.5. The number of Topliss-reactive ketones (excluding diaryl/α,β-unsaturated/α-hetero) is 1. The van der Waals surface area contributed by atoms with E-state index in [1.165, 1.54) is 0 Å². The molecule has 8 heteroatoms. The number of ether oxygens (including phenoxy) is 1. The first-order valence-corrected chi connectivity index (χ1v) is 12.0. The zero-order valence-corrected chi connectivity index (χ0v) is 20.5. The molecule has 0 spiro atoms. The number of anilines is 1. The van der Waals surface area contributed by atoms with Gasteiger partial charge in [-0.15, -0.1) is 0 Å². The lowest BCUT2D eigenvalue weighted by Gasteiger charge is -2.38. The molecule has 1 saturated heterocycles. The van der Waals surface area contributed by atoms with Crippen LogP contribution in [0.1, 0.15) is 41.4 Å². The van der Waals surface area contributed by atoms with Gasteiger partial charge in [-0.3, -0.25) is 9.69 Å². The number of esters is 1. The second kappa shape index (κ2) is 10.7. The fourth-order valence-corrected chi connectivity index (χ4v) is 4.50. The van der Waals surface area contributed by atoms with Gasteiger partial charge in [0.1, 0.15) is 0 Å². The third kappa shape index (κ3) is 5.71. The minimum Gasteiger partial charge on any atom is -0.463 e. The van der Waals surface area contributed by atoms with Gasteiger partial charge >= 0.3 is 12.0 Å². The van der Waals surface area contributed by atoms with Crippen LogP contribution in [-0.4, -0.2) is 62.0 Å². The molecule has 2 aliphatic rings. The Morgan fingerprint density at radius 2 is 1.66 bits per heavy atom. The van der Waals surface area contributed by atoms with Crippen molar-refractivity contribution in [3.05, 3.63) is 76.5 Å². The van der Waals surface area contributed by atoms with Gasteiger partial charge in [0.15, 0.2) is 5.78 Å². The zero-order valence-electron chi connectivity index (χ0n) is 20.5. The van der Waals surface area contributed by atoms with Gasteiger partial charge < -0.3 is 20.3 Å². The summed E-state index contributed by atoms with van der Waals surface area (Å²) in [4.78, 5) is 41.6. The monoisotopic (exact) mass is 476 g/mol. The number of aryl methyl sites for hydroxylation is 1. The third-order valence-corrected chi connectivity index (χ3v) is 6.45. The minimum absolute atomic E-state index is 0.0556. The van der Waals surface area contributed by atoms with Crippen LogP contribution in [0.4, 0.5) is 10.5 Å². The molecule has 2 aliphatic heterocycles. The SMILES string of the molecule is CCOC(=O)C1=C(CN2CCN(c3ccc(C(C)=O)cc3)CC2)NC(=O)N[C@@H]1c1ccc(C)cc1. The van der Waals surface area contributed by atoms with Crippen molar-refractivity contribution >= 4 is 23.5 Å². The van der Waals surface area contributed by atoms with E-state index < -0.39 is 12.0 Å². The molecule has 2 aromatic rings. The van der Waals surface area contributed by atoms with E-state index in [9.17, 15) is 14.4 Å². The number of urea groups is 1. The van der Waals surface area contributed by atoms with Crippen LogP contribution in [0, 0.1) is 6.92 Å². The summed E-state index contributed by atoms with van der Waals surface area (Å²) in [7, 11) is 0. The second-order valence-electron chi connectivity index (χ2n) is 8.92. The summed E-state index contributed by atoms with van der Waals surface area (Å²) in [5.41, 5.74) is 4.75. The number of hydrogen-bond acceptors (Lipinski definition) is 6. The molecule has 8 nitrogen and oxygen atoms in total. The van der Waals surface area contributed by atoms with Crippen LogP contribution >= 0.6 is 0 Å². The van der Waals surface area contributed by atoms with E-state index in [2.05, 4.69) is 20.4 Å². The van der Waals surface area contributed by atoms with E-state index in [0.717, 1.165) is 43.0 Å². The Morgan fingerprint density at radius 3 is 2.26 bits per heavy atom. The van der Waals surface area contributed by atoms with Crippen LogP contribution in [0.3, 0.4) is 0 Å². The predicted octanol–water partition coefficient (Wildman–Crippen LogP) is 3.19. The third-order valence-electron chi connectivity index (χ3n) is 6.45. The summed E-state index contributed by atoms with van der Waals surface area (Å²) < 4.78 is 5.37. The summed E-state index contributed by atoms with van der Waals surface area (Å²) >= 11 is 0. The molecule has 2 heterocycles. The average molecular weight is 477 g/mol. The number of hydrogen-bond donors (Lipinski definition) is 2. The smallest absolute Gasteiger partial charge is 0.338 e. The van der Waals surface area contributed by atoms with Gasteiger partial charge in [0, 0.05) is 49.7 Å². The van der Waals surface area contributed by atoms with Crippen molar-refractivity contribution in [1.82, 2.24) is 15.5 Å². The number of carbonyl (C=O) groups excluding carboxylic acids is 3. The number of ketones is 1. The van der Waals surface area contributed by atoms with Crippen molar-refractivity contribution in [1.29, 1.82) is 0 Å². The Morgan fingerprint density at radius 1 is 1.00 bits per heavy atom. The fourth-order valence-electron chi connectivity index (χ4n) is 4.50. The molecule has 2 aromatic carbocycles. The Kier molecular flexibility index (Phi) is 7.51. The molecule has 0 radical (unpaired) electrons. The minimum atomic E-state index is -0.570. The highest BCUT2D eigenvalue weighted by Gasteiger charge is 2.34. The lowest BCUT2D eigenvalue weighted by atomic mass is 9.94. The van der Waals surface area contributed by atoms with Gasteiger partial charge in [-0.2, -0.15) is 0 Å². The van der Waals surface area contributed by atoms with E-state index in [-0.39, 0.29) is 18.4 Å². The lowest BCUT2D eigenvalue weighted by Crippen LogP contribution is -2.51. The highest BCUT2D eigenvalue weighted by Crippen LogP contribution is 2.29. The molecular weight excluding hydrogens is 444 g/mol. The van der Waals surface area contributed by atoms with Crippen LogP contribution in [0.25, 0.3) is 0 Å². The highest BCUT2D eigenvalue weighted by molar-refractivity contribution is 5.95. The standard InChI is InChI=1S/C27H32N4O4/c1-4-35-26(33)24-23(28-27(34)29-25(24)21-7-5-18(2)6-8-21)17-30-13-15-31(16-14-30)22-11-9-20(10-12-22)19(3)32/h5-12,25H,4,13-17H2,1-3H3,(H2,28,29,34)/t25-/m1/s1. The Labute approximate surface area is 205 Å². The van der Waals surface area contributed by atoms with Gasteiger partial charge in [0.25, 0.3) is 0 Å². The molecular formula is C27H32N4O4. The van der Waals surface area contributed by atoms with Gasteiger partial charge in [0.2, 0.25) is 0 Å². The van der Waals surface area contributed by atoms with Crippen molar-refractivity contribution in [3.8, 4) is 0 Å². The van der Waals surface area contributed by atoms with Crippen molar-refractivity contribution in [3.63, 3.8) is 0 Å². The Bertz CT molecular complexity index is 1120. The van der Waals surface area contributed by atoms with Gasteiger partial charge in [-0.1, -0.05) is 29.8 Å². The van der Waals surface area contributed by atoms with Crippen LogP contribution in [0.15, 0.2) is 59.8 Å². The fraction of sp³-hybridized carbons (Fsp3) is 0.370. The predicted molar refractivity (Wildman–Crippen MR) is 134 cm³/mol. The maximum Gasteiger partial charge on any atom is 0.338 e. The molecule has 2 amide bonds. The number of benzene rings is 2. The number of rotatable bonds is 7. The van der Waals surface area contributed by atoms with Crippen LogP contribution < -0.4 is 15.5 Å². The summed E-state index contributed by atoms with van der Waals surface area (Å²) in [6, 6.07) is 14.6. The topological polar surface area (TPSA) is 91.0 Å². The van der Waals surface area contributed by atoms with Gasteiger partial charge in [-0.05, 0) is 50.6 Å². The number of carbonyl (C=O) groups is 3. The summed E-state index contributed by atoms with van der Waals surface area (Å²) in [5.74, 6) is -0.371. The molecule has 0 saturated carbocycles. The molecule has 35 heavy (non-hydrogen) atoms. The molecule has 184 valence electrons. The summed E-state index contributed by atoms with van der Waals surface area (Å²) in [5, 5.41) is 5.76. The maximum absolute atomic E-state index is 13.0. The highest BCUT2D eigenvalue weighted by atomic mass is 16.5. The lowest BCUT2D eigenvalue weighted by molar-refractivity contribution is -0.139. The first-order valence-electron chi connectivity index (χ1n) is 12.0. The number of nitrogens with one attached hydrogen (secondary N) is 2. The van der Waals surface area contributed by atoms with E-state index in [0.29, 0.717) is 23.4 Å². The average Bonchev–Trinajstić information content (AvgIpc) is 2.85. The van der Waals surface area contributed by atoms with Gasteiger partial charge in [0.05, 0.1) is 18.2 Å². The number of piperazine rings is 1. The van der Waals surface area contributed by atoms with Crippen molar-refractivity contribution in [2.75, 3.05) is 44.2 Å². The quantitative estimate of drug-likeness (QED) is 0.471. The Balaban J connectivity index is 1.51. The first-order chi connectivity index (χ1) is 16.9. The van der Waals surface area contributed by atoms with E-state index >= 15 is 0 Å². The molecule has 0 aromatic heterocycles. The van der Waals surface area contributed by atoms with Crippen LogP contribution in [0.5, 0.6) is 0 Å². The van der Waals surface area contributed by atoms with Crippen molar-refractivity contribution in [2.45, 2.75) is 26.8 Å². The van der Waals surface area contributed by atoms with E-state index in [1.807, 2.05) is 55.5 Å². The summed E-state index contributed by atoms with van der Waals surface area (Å²) in [6.07, 6.45) is 0. The molecule has 4 rings (SSSR count). The van der Waals surface area contributed by atoms with Crippen molar-refractivity contribution < 1.29 is 19.1 Å². The Hall–Kier alpha value is -3.65. The molecule has 1 fully saturated rings.